The second kappa shape index (κ2) is 52.2. The monoisotopic (exact) mass is 666 g/mol. The summed E-state index contributed by atoms with van der Waals surface area (Å²) in [6.45, 7) is 0. The summed E-state index contributed by atoms with van der Waals surface area (Å²) in [4.78, 5) is 115. The van der Waals surface area contributed by atoms with Gasteiger partial charge in [0, 0.05) is 0 Å². The molecule has 0 heterocycles. The van der Waals surface area contributed by atoms with E-state index in [0.717, 1.165) is 0 Å². The Morgan fingerprint density at radius 1 is 0.242 bits per heavy atom. The SMILES string of the molecule is O=[Si](O)O.O=[Si](O)O.O=[Si](O)O.O=[Si](O)O.O=[Si](O)O.O=[Si](O)O.O=[Si](O)O.O=[Si](O)O.[Ca+2].[H-].[H-]. The van der Waals surface area contributed by atoms with Crippen LogP contribution in [-0.2, 0) is 35.7 Å². The Labute approximate surface area is 225 Å². The summed E-state index contributed by atoms with van der Waals surface area (Å²) in [5.74, 6) is 0. The average Bonchev–Trinajstić information content (AvgIpc) is 2.30. The van der Waals surface area contributed by atoms with Crippen LogP contribution in [0.5, 0.6) is 0 Å². The Kier molecular flexibility index (Phi) is 91.4. The summed E-state index contributed by atoms with van der Waals surface area (Å²) in [5, 5.41) is 0. The van der Waals surface area contributed by atoms with Crippen LogP contribution in [0, 0.1) is 0 Å². The predicted octanol–water partition coefficient (Wildman–Crippen LogP) is -13.1. The quantitative estimate of drug-likeness (QED) is 0.107. The molecule has 0 aromatic rings. The summed E-state index contributed by atoms with van der Waals surface area (Å²) < 4.78 is 69.9. The van der Waals surface area contributed by atoms with Crippen LogP contribution in [0.15, 0.2) is 0 Å². The van der Waals surface area contributed by atoms with E-state index in [1.165, 1.54) is 0 Å². The molecule has 24 nitrogen and oxygen atoms in total. The third kappa shape index (κ3) is 7370. The third-order valence-electron chi connectivity index (χ3n) is 0. The van der Waals surface area contributed by atoms with Crippen molar-refractivity contribution in [1.29, 1.82) is 0 Å². The van der Waals surface area contributed by atoms with E-state index in [0.29, 0.717) is 0 Å². The minimum Gasteiger partial charge on any atom is -1.00 e. The largest absolute Gasteiger partial charge is 2.00 e. The van der Waals surface area contributed by atoms with Crippen molar-refractivity contribution in [1.82, 2.24) is 0 Å². The summed E-state index contributed by atoms with van der Waals surface area (Å²) >= 11 is 0. The number of rotatable bonds is 0. The van der Waals surface area contributed by atoms with Gasteiger partial charge in [-0.3, -0.25) is 35.7 Å². The third-order valence-corrected chi connectivity index (χ3v) is 0. The first-order valence-electron chi connectivity index (χ1n) is 5.21. The van der Waals surface area contributed by atoms with Crippen molar-refractivity contribution in [3.63, 3.8) is 0 Å². The summed E-state index contributed by atoms with van der Waals surface area (Å²) in [7, 11) is -25.0. The van der Waals surface area contributed by atoms with Crippen LogP contribution in [0.25, 0.3) is 0 Å². The minimum absolute atomic E-state index is 0. The van der Waals surface area contributed by atoms with Crippen LogP contribution < -0.4 is 0 Å². The van der Waals surface area contributed by atoms with E-state index in [9.17, 15) is 0 Å². The van der Waals surface area contributed by atoms with Gasteiger partial charge < -0.3 is 79.6 Å². The zero-order chi connectivity index (χ0) is 28.6. The van der Waals surface area contributed by atoms with Gasteiger partial charge in [-0.15, -0.1) is 0 Å². The molecular weight excluding hydrogens is 649 g/mol. The second-order valence-electron chi connectivity index (χ2n) is 2.26. The standard InChI is InChI=1S/Ca.8H2O3Si.2H/c;8*1-4(2)3;;/h;8*1-2H;;/q+2;;;;;;;;;2*-1. The van der Waals surface area contributed by atoms with Crippen molar-refractivity contribution in [2.45, 2.75) is 0 Å². The fourth-order valence-electron chi connectivity index (χ4n) is 0. The van der Waals surface area contributed by atoms with Crippen molar-refractivity contribution in [3.05, 3.63) is 0 Å². The van der Waals surface area contributed by atoms with Crippen LogP contribution in [-0.4, -0.2) is 188 Å². The molecule has 0 aliphatic carbocycles. The van der Waals surface area contributed by atoms with Gasteiger partial charge >= 0.3 is 111 Å². The Bertz CT molecular complexity index is 372. The molecule has 196 valence electrons. The Morgan fingerprint density at radius 2 is 0.242 bits per heavy atom. The van der Waals surface area contributed by atoms with E-state index in [4.69, 9.17) is 112 Å². The molecule has 16 N–H and O–H groups in total. The normalized spacial score (nSPS) is 5.82. The Morgan fingerprint density at radius 3 is 0.242 bits per heavy atom. The molecular formula is H18CaO24Si8. The van der Waals surface area contributed by atoms with E-state index in [-0.39, 0.29) is 40.6 Å². The molecule has 0 aliphatic heterocycles. The Hall–Kier alpha value is -1.81. The van der Waals surface area contributed by atoms with Crippen LogP contribution in [0.3, 0.4) is 0 Å². The van der Waals surface area contributed by atoms with Crippen molar-refractivity contribution < 1.29 is 115 Å². The molecule has 0 fully saturated rings. The van der Waals surface area contributed by atoms with Gasteiger partial charge in [0.1, 0.15) is 0 Å². The molecule has 0 unspecified atom stereocenters. The molecule has 0 bridgehead atoms. The summed E-state index contributed by atoms with van der Waals surface area (Å²) in [6.07, 6.45) is 0. The fourth-order valence-corrected chi connectivity index (χ4v) is 0. The average molecular weight is 667 g/mol. The van der Waals surface area contributed by atoms with Gasteiger partial charge in [-0.25, -0.2) is 0 Å². The molecule has 0 spiro atoms. The van der Waals surface area contributed by atoms with Gasteiger partial charge in [0.05, 0.1) is 0 Å². The van der Waals surface area contributed by atoms with Gasteiger partial charge in [-0.2, -0.15) is 0 Å². The number of hydrogen-bond acceptors (Lipinski definition) is 8. The van der Waals surface area contributed by atoms with Crippen molar-refractivity contribution in [2.75, 3.05) is 0 Å². The molecule has 0 amide bonds. The predicted molar refractivity (Wildman–Crippen MR) is 95.0 cm³/mol. The summed E-state index contributed by atoms with van der Waals surface area (Å²) in [5.41, 5.74) is 0. The van der Waals surface area contributed by atoms with Crippen LogP contribution in [0.2, 0.25) is 0 Å². The molecule has 33 heteroatoms. The maximum Gasteiger partial charge on any atom is 2.00 e. The summed E-state index contributed by atoms with van der Waals surface area (Å²) in [6, 6.07) is 0. The van der Waals surface area contributed by atoms with Crippen molar-refractivity contribution in [2.24, 2.45) is 0 Å². The minimum atomic E-state index is -3.13. The molecule has 0 atom stereocenters. The molecule has 0 rings (SSSR count). The second-order valence-corrected chi connectivity index (χ2v) is 6.78. The first kappa shape index (κ1) is 57.7. The van der Waals surface area contributed by atoms with E-state index in [1.807, 2.05) is 0 Å². The molecule has 0 radical (unpaired) electrons. The van der Waals surface area contributed by atoms with E-state index >= 15 is 0 Å². The smallest absolute Gasteiger partial charge is 1.00 e. The maximum atomic E-state index is 8.74. The molecule has 0 aromatic carbocycles. The van der Waals surface area contributed by atoms with Crippen LogP contribution >= 0.6 is 0 Å². The van der Waals surface area contributed by atoms with Crippen LogP contribution in [0.4, 0.5) is 0 Å². The Balaban J connectivity index is -0.0000000206. The fraction of sp³-hybridized carbons (Fsp3) is 0. The molecule has 0 saturated heterocycles. The van der Waals surface area contributed by atoms with E-state index < -0.39 is 73.4 Å². The van der Waals surface area contributed by atoms with Crippen molar-refractivity contribution >= 4 is 111 Å². The van der Waals surface area contributed by atoms with Gasteiger partial charge in [-0.1, -0.05) is 0 Å². The molecule has 33 heavy (non-hydrogen) atoms. The topological polar surface area (TPSA) is 460 Å². The van der Waals surface area contributed by atoms with Gasteiger partial charge in [0.25, 0.3) is 0 Å². The molecule has 0 saturated carbocycles. The van der Waals surface area contributed by atoms with E-state index in [2.05, 4.69) is 0 Å². The molecule has 0 aromatic heterocycles. The van der Waals surface area contributed by atoms with Gasteiger partial charge in [0.15, 0.2) is 0 Å². The van der Waals surface area contributed by atoms with Crippen molar-refractivity contribution in [3.8, 4) is 0 Å². The van der Waals surface area contributed by atoms with Gasteiger partial charge in [-0.05, 0) is 0 Å². The number of hydrogen-bond donors (Lipinski definition) is 16. The molecule has 0 aliphatic rings. The zero-order valence-corrected chi connectivity index (χ0v) is 25.3. The van der Waals surface area contributed by atoms with Crippen LogP contribution in [0.1, 0.15) is 2.85 Å². The first-order chi connectivity index (χ1) is 13.9. The first-order valence-corrected chi connectivity index (χ1v) is 15.6. The maximum absolute atomic E-state index is 8.74. The van der Waals surface area contributed by atoms with Gasteiger partial charge in [0.2, 0.25) is 0 Å². The zero-order valence-electron chi connectivity index (χ0n) is 17.1. The van der Waals surface area contributed by atoms with E-state index in [1.54, 1.807) is 0 Å².